The zero-order chi connectivity index (χ0) is 15.1. The van der Waals surface area contributed by atoms with Crippen LogP contribution in [0.4, 0.5) is 10.1 Å². The number of carbonyl (C=O) groups is 2. The van der Waals surface area contributed by atoms with Crippen LogP contribution in [0.2, 0.25) is 0 Å². The summed E-state index contributed by atoms with van der Waals surface area (Å²) in [6.45, 7) is 4.00. The summed E-state index contributed by atoms with van der Waals surface area (Å²) in [7, 11) is 0. The van der Waals surface area contributed by atoms with E-state index >= 15 is 0 Å². The third kappa shape index (κ3) is 4.87. The van der Waals surface area contributed by atoms with Crippen molar-refractivity contribution in [2.75, 3.05) is 12.3 Å². The van der Waals surface area contributed by atoms with Crippen molar-refractivity contribution in [1.29, 1.82) is 0 Å². The van der Waals surface area contributed by atoms with E-state index in [2.05, 4.69) is 5.32 Å². The fourth-order valence-electron chi connectivity index (χ4n) is 1.54. The number of esters is 1. The second-order valence-corrected chi connectivity index (χ2v) is 4.47. The number of nitrogens with one attached hydrogen (secondary N) is 1. The van der Waals surface area contributed by atoms with E-state index in [1.54, 1.807) is 0 Å². The maximum atomic E-state index is 13.1. The molecule has 0 saturated heterocycles. The van der Waals surface area contributed by atoms with Gasteiger partial charge in [0, 0.05) is 12.2 Å². The summed E-state index contributed by atoms with van der Waals surface area (Å²) in [5.74, 6) is -1.79. The molecule has 1 atom stereocenters. The van der Waals surface area contributed by atoms with Gasteiger partial charge in [0.15, 0.2) is 6.10 Å². The Bertz CT molecular complexity index is 471. The van der Waals surface area contributed by atoms with E-state index in [0.717, 1.165) is 25.0 Å². The highest BCUT2D eigenvalue weighted by Crippen LogP contribution is 2.12. The second-order valence-electron chi connectivity index (χ2n) is 4.47. The van der Waals surface area contributed by atoms with E-state index in [1.807, 2.05) is 6.92 Å². The van der Waals surface area contributed by atoms with Gasteiger partial charge in [-0.3, -0.25) is 4.79 Å². The smallest absolute Gasteiger partial charge is 0.339 e. The van der Waals surface area contributed by atoms with Crippen molar-refractivity contribution < 1.29 is 18.7 Å². The fourth-order valence-corrected chi connectivity index (χ4v) is 1.54. The Labute approximate surface area is 117 Å². The van der Waals surface area contributed by atoms with Gasteiger partial charge in [0.05, 0.1) is 5.56 Å². The molecule has 0 bridgehead atoms. The van der Waals surface area contributed by atoms with Crippen molar-refractivity contribution in [3.05, 3.63) is 29.6 Å². The molecule has 0 aromatic heterocycles. The van der Waals surface area contributed by atoms with Crippen LogP contribution in [-0.4, -0.2) is 24.5 Å². The average Bonchev–Trinajstić information content (AvgIpc) is 2.37. The first-order chi connectivity index (χ1) is 9.43. The van der Waals surface area contributed by atoms with Gasteiger partial charge in [-0.05, 0) is 31.5 Å². The molecule has 0 spiro atoms. The quantitative estimate of drug-likeness (QED) is 0.474. The highest BCUT2D eigenvalue weighted by Gasteiger charge is 2.19. The summed E-state index contributed by atoms with van der Waals surface area (Å²) in [6, 6.07) is 3.41. The Hall–Kier alpha value is -2.11. The molecule has 0 radical (unpaired) electrons. The number of rotatable bonds is 6. The lowest BCUT2D eigenvalue weighted by Gasteiger charge is -2.13. The van der Waals surface area contributed by atoms with Crippen molar-refractivity contribution in [2.45, 2.75) is 32.8 Å². The van der Waals surface area contributed by atoms with E-state index in [4.69, 9.17) is 10.5 Å². The van der Waals surface area contributed by atoms with Gasteiger partial charge >= 0.3 is 5.97 Å². The SMILES string of the molecule is CCCCNC(=O)C(C)OC(=O)c1cc(N)cc(F)c1. The first-order valence-corrected chi connectivity index (χ1v) is 6.48. The Balaban J connectivity index is 2.58. The molecule has 6 heteroatoms. The number of ether oxygens (including phenoxy) is 1. The molecule has 0 heterocycles. The number of nitrogen functional groups attached to an aromatic ring is 1. The van der Waals surface area contributed by atoms with Gasteiger partial charge in [-0.1, -0.05) is 13.3 Å². The third-order valence-electron chi connectivity index (χ3n) is 2.64. The van der Waals surface area contributed by atoms with Crippen LogP contribution in [-0.2, 0) is 9.53 Å². The molecule has 1 rings (SSSR count). The summed E-state index contributed by atoms with van der Waals surface area (Å²) >= 11 is 0. The van der Waals surface area contributed by atoms with Crippen LogP contribution in [0.5, 0.6) is 0 Å². The van der Waals surface area contributed by atoms with E-state index in [9.17, 15) is 14.0 Å². The standard InChI is InChI=1S/C14H19FN2O3/c1-3-4-5-17-13(18)9(2)20-14(19)10-6-11(15)8-12(16)7-10/h6-9H,3-5,16H2,1-2H3,(H,17,18). The molecule has 0 aliphatic carbocycles. The summed E-state index contributed by atoms with van der Waals surface area (Å²) in [4.78, 5) is 23.4. The Morgan fingerprint density at radius 1 is 1.40 bits per heavy atom. The molecule has 1 amide bonds. The van der Waals surface area contributed by atoms with Crippen LogP contribution in [0, 0.1) is 5.82 Å². The summed E-state index contributed by atoms with van der Waals surface area (Å²) in [6.07, 6.45) is 0.868. The molecular weight excluding hydrogens is 263 g/mol. The molecule has 1 aromatic carbocycles. The molecule has 1 unspecified atom stereocenters. The lowest BCUT2D eigenvalue weighted by Crippen LogP contribution is -2.36. The lowest BCUT2D eigenvalue weighted by molar-refractivity contribution is -0.129. The van der Waals surface area contributed by atoms with Crippen molar-refractivity contribution in [3.63, 3.8) is 0 Å². The first-order valence-electron chi connectivity index (χ1n) is 6.48. The maximum absolute atomic E-state index is 13.1. The van der Waals surface area contributed by atoms with Crippen molar-refractivity contribution in [3.8, 4) is 0 Å². The van der Waals surface area contributed by atoms with E-state index < -0.39 is 17.9 Å². The van der Waals surface area contributed by atoms with Crippen LogP contribution in [0.3, 0.4) is 0 Å². The molecule has 1 aromatic rings. The molecule has 3 N–H and O–H groups in total. The van der Waals surface area contributed by atoms with Gasteiger partial charge in [-0.2, -0.15) is 0 Å². The molecule has 20 heavy (non-hydrogen) atoms. The molecule has 0 aliphatic rings. The Morgan fingerprint density at radius 2 is 2.10 bits per heavy atom. The van der Waals surface area contributed by atoms with Crippen molar-refractivity contribution in [2.24, 2.45) is 0 Å². The van der Waals surface area contributed by atoms with Crippen LogP contribution in [0.1, 0.15) is 37.0 Å². The highest BCUT2D eigenvalue weighted by molar-refractivity contribution is 5.93. The van der Waals surface area contributed by atoms with Crippen LogP contribution >= 0.6 is 0 Å². The molecule has 110 valence electrons. The molecule has 0 saturated carbocycles. The number of anilines is 1. The number of nitrogens with two attached hydrogens (primary N) is 1. The average molecular weight is 282 g/mol. The second kappa shape index (κ2) is 7.47. The zero-order valence-electron chi connectivity index (χ0n) is 11.6. The van der Waals surface area contributed by atoms with Crippen molar-refractivity contribution >= 4 is 17.6 Å². The molecule has 0 fully saturated rings. The Morgan fingerprint density at radius 3 is 2.70 bits per heavy atom. The number of benzene rings is 1. The monoisotopic (exact) mass is 282 g/mol. The van der Waals surface area contributed by atoms with Crippen molar-refractivity contribution in [1.82, 2.24) is 5.32 Å². The number of amides is 1. The van der Waals surface area contributed by atoms with E-state index in [-0.39, 0.29) is 17.2 Å². The predicted octanol–water partition coefficient (Wildman–Crippen LogP) is 1.87. The van der Waals surface area contributed by atoms with Gasteiger partial charge in [0.2, 0.25) is 0 Å². The van der Waals surface area contributed by atoms with Gasteiger partial charge in [-0.15, -0.1) is 0 Å². The lowest BCUT2D eigenvalue weighted by atomic mass is 10.2. The minimum Gasteiger partial charge on any atom is -0.449 e. The van der Waals surface area contributed by atoms with Gasteiger partial charge < -0.3 is 15.8 Å². The van der Waals surface area contributed by atoms with E-state index in [0.29, 0.717) is 6.54 Å². The van der Waals surface area contributed by atoms with Gasteiger partial charge in [0.1, 0.15) is 5.82 Å². The number of halogens is 1. The number of carbonyl (C=O) groups excluding carboxylic acids is 2. The van der Waals surface area contributed by atoms with Gasteiger partial charge in [0.25, 0.3) is 5.91 Å². The number of hydrogen-bond donors (Lipinski definition) is 2. The normalized spacial score (nSPS) is 11.8. The minimum absolute atomic E-state index is 0.0179. The molecule has 0 aliphatic heterocycles. The van der Waals surface area contributed by atoms with E-state index in [1.165, 1.54) is 13.0 Å². The molecule has 5 nitrogen and oxygen atoms in total. The predicted molar refractivity (Wildman–Crippen MR) is 73.6 cm³/mol. The third-order valence-corrected chi connectivity index (χ3v) is 2.64. The minimum atomic E-state index is -0.941. The topological polar surface area (TPSA) is 81.4 Å². The number of unbranched alkanes of at least 4 members (excludes halogenated alkanes) is 1. The van der Waals surface area contributed by atoms with Gasteiger partial charge in [-0.25, -0.2) is 9.18 Å². The summed E-state index contributed by atoms with van der Waals surface area (Å²) < 4.78 is 18.1. The maximum Gasteiger partial charge on any atom is 0.339 e. The fraction of sp³-hybridized carbons (Fsp3) is 0.429. The summed E-state index contributed by atoms with van der Waals surface area (Å²) in [5.41, 5.74) is 5.55. The zero-order valence-corrected chi connectivity index (χ0v) is 11.6. The van der Waals surface area contributed by atoms with Crippen LogP contribution in [0.25, 0.3) is 0 Å². The van der Waals surface area contributed by atoms with Crippen LogP contribution < -0.4 is 11.1 Å². The highest BCUT2D eigenvalue weighted by atomic mass is 19.1. The number of hydrogen-bond acceptors (Lipinski definition) is 4. The van der Waals surface area contributed by atoms with Crippen LogP contribution in [0.15, 0.2) is 18.2 Å². The molecular formula is C14H19FN2O3. The Kier molecular flexibility index (Phi) is 5.96. The summed E-state index contributed by atoms with van der Waals surface area (Å²) in [5, 5.41) is 2.65. The first kappa shape index (κ1) is 15.9. The largest absolute Gasteiger partial charge is 0.449 e.